The average Bonchev–Trinajstić information content (AvgIpc) is 1.81. The second-order valence-electron chi connectivity index (χ2n) is 2.69. The molecule has 0 amide bonds. The molecule has 60 valence electrons. The summed E-state index contributed by atoms with van der Waals surface area (Å²) in [6, 6.07) is 0. The predicted molar refractivity (Wildman–Crippen MR) is 36.5 cm³/mol. The summed E-state index contributed by atoms with van der Waals surface area (Å²) in [7, 11) is -2.41. The molecule has 1 rings (SSSR count). The van der Waals surface area contributed by atoms with E-state index in [9.17, 15) is 8.76 Å². The average molecular weight is 167 g/mol. The molecule has 0 aliphatic carbocycles. The molecule has 1 saturated heterocycles. The van der Waals surface area contributed by atoms with E-state index in [-0.39, 0.29) is 12.5 Å². The Kier molecular flexibility index (Phi) is 2.13. The number of nitrogens with zero attached hydrogens (tertiary/aromatic N) is 1. The van der Waals surface area contributed by atoms with Crippen molar-refractivity contribution in [1.29, 1.82) is 0 Å². The first-order valence-corrected chi connectivity index (χ1v) is 4.65. The van der Waals surface area contributed by atoms with Gasteiger partial charge in [0, 0.05) is 6.54 Å². The van der Waals surface area contributed by atoms with Crippen molar-refractivity contribution in [3.05, 3.63) is 0 Å². The quantitative estimate of drug-likeness (QED) is 0.514. The molecule has 0 spiro atoms. The minimum Gasteiger partial charge on any atom is -0.293 e. The van der Waals surface area contributed by atoms with Gasteiger partial charge >= 0.3 is 7.83 Å². The van der Waals surface area contributed by atoms with Gasteiger partial charge in [0.15, 0.2) is 0 Å². The molecule has 0 aromatic carbocycles. The highest BCUT2D eigenvalue weighted by molar-refractivity contribution is 7.50. The third-order valence-electron chi connectivity index (χ3n) is 1.50. The Hall–Kier alpha value is 0.0800. The Labute approximate surface area is 59.8 Å². The van der Waals surface area contributed by atoms with Crippen LogP contribution in [0.15, 0.2) is 0 Å². The van der Waals surface area contributed by atoms with Gasteiger partial charge in [-0.25, -0.2) is 9.24 Å². The van der Waals surface area contributed by atoms with Gasteiger partial charge in [-0.1, -0.05) is 6.92 Å². The lowest BCUT2D eigenvalue weighted by Crippen LogP contribution is -2.29. The fraction of sp³-hybridized carbons (Fsp3) is 1.00. The summed E-state index contributed by atoms with van der Waals surface area (Å²) in [4.78, 5) is 0. The zero-order valence-corrected chi connectivity index (χ0v) is 6.97. The highest BCUT2D eigenvalue weighted by Gasteiger charge is 2.34. The van der Waals surface area contributed by atoms with Crippen LogP contribution in [0.2, 0.25) is 0 Å². The maximum atomic E-state index is 12.7. The van der Waals surface area contributed by atoms with Crippen molar-refractivity contribution in [2.45, 2.75) is 6.92 Å². The molecule has 0 N–H and O–H groups in total. The molecule has 0 radical (unpaired) electrons. The maximum absolute atomic E-state index is 12.7. The van der Waals surface area contributed by atoms with Crippen molar-refractivity contribution >= 4 is 7.83 Å². The van der Waals surface area contributed by atoms with Crippen molar-refractivity contribution < 1.29 is 13.3 Å². The van der Waals surface area contributed by atoms with Gasteiger partial charge in [-0.15, -0.1) is 4.20 Å². The Morgan fingerprint density at radius 2 is 2.40 bits per heavy atom. The maximum Gasteiger partial charge on any atom is 0.445 e. The van der Waals surface area contributed by atoms with Gasteiger partial charge in [-0.2, -0.15) is 0 Å². The number of halogens is 1. The summed E-state index contributed by atoms with van der Waals surface area (Å²) < 4.78 is 29.1. The predicted octanol–water partition coefficient (Wildman–Crippen LogP) is 1.66. The Morgan fingerprint density at radius 1 is 1.80 bits per heavy atom. The molecule has 5 heteroatoms. The topological polar surface area (TPSA) is 29.5 Å². The van der Waals surface area contributed by atoms with Crippen LogP contribution in [-0.2, 0) is 9.09 Å². The normalized spacial score (nSPS) is 43.7. The Bertz CT molecular complexity index is 175. The molecule has 0 aromatic rings. The highest BCUT2D eigenvalue weighted by Crippen LogP contribution is 2.54. The molecule has 1 fully saturated rings. The third kappa shape index (κ3) is 1.57. The van der Waals surface area contributed by atoms with Gasteiger partial charge in [0.1, 0.15) is 0 Å². The summed E-state index contributed by atoms with van der Waals surface area (Å²) in [5.41, 5.74) is 0. The van der Waals surface area contributed by atoms with Crippen molar-refractivity contribution in [2.24, 2.45) is 5.92 Å². The molecule has 1 aliphatic heterocycles. The minimum absolute atomic E-state index is 0.262. The van der Waals surface area contributed by atoms with E-state index in [0.717, 1.165) is 4.67 Å². The van der Waals surface area contributed by atoms with E-state index in [1.807, 2.05) is 6.92 Å². The number of rotatable bonds is 0. The van der Waals surface area contributed by atoms with Gasteiger partial charge in [0.05, 0.1) is 6.61 Å². The van der Waals surface area contributed by atoms with E-state index in [2.05, 4.69) is 4.52 Å². The molecule has 0 saturated carbocycles. The van der Waals surface area contributed by atoms with Crippen molar-refractivity contribution in [2.75, 3.05) is 20.2 Å². The zero-order chi connectivity index (χ0) is 7.78. The SMILES string of the molecule is CC1COP(=O)(F)N(C)C1. The number of hydrogen-bond acceptors (Lipinski definition) is 2. The molecular formula is C5H11FNO2P. The molecule has 2 atom stereocenters. The first-order valence-electron chi connectivity index (χ1n) is 3.18. The first kappa shape index (κ1) is 8.18. The van der Waals surface area contributed by atoms with Crippen LogP contribution in [0, 0.1) is 5.92 Å². The minimum atomic E-state index is -3.88. The van der Waals surface area contributed by atoms with Crippen LogP contribution in [-0.4, -0.2) is 24.9 Å². The second kappa shape index (κ2) is 2.61. The molecule has 1 heterocycles. The van der Waals surface area contributed by atoms with E-state index in [1.165, 1.54) is 7.05 Å². The smallest absolute Gasteiger partial charge is 0.293 e. The number of hydrogen-bond donors (Lipinski definition) is 0. The van der Waals surface area contributed by atoms with Gasteiger partial charge in [0.25, 0.3) is 0 Å². The van der Waals surface area contributed by atoms with Crippen LogP contribution in [0.25, 0.3) is 0 Å². The summed E-state index contributed by atoms with van der Waals surface area (Å²) in [5.74, 6) is 0.267. The molecule has 3 nitrogen and oxygen atoms in total. The van der Waals surface area contributed by atoms with E-state index in [4.69, 9.17) is 0 Å². The van der Waals surface area contributed by atoms with Gasteiger partial charge in [0.2, 0.25) is 0 Å². The largest absolute Gasteiger partial charge is 0.445 e. The van der Waals surface area contributed by atoms with Gasteiger partial charge < -0.3 is 0 Å². The van der Waals surface area contributed by atoms with Crippen LogP contribution < -0.4 is 0 Å². The lowest BCUT2D eigenvalue weighted by atomic mass is 10.2. The molecule has 2 unspecified atom stereocenters. The van der Waals surface area contributed by atoms with Crippen LogP contribution >= 0.6 is 7.83 Å². The van der Waals surface area contributed by atoms with Crippen LogP contribution in [0.4, 0.5) is 4.20 Å². The summed E-state index contributed by atoms with van der Waals surface area (Å²) in [6.07, 6.45) is 0. The molecular weight excluding hydrogens is 156 g/mol. The molecule has 10 heavy (non-hydrogen) atoms. The van der Waals surface area contributed by atoms with Gasteiger partial charge in [-0.3, -0.25) is 4.52 Å². The van der Waals surface area contributed by atoms with E-state index in [0.29, 0.717) is 6.54 Å². The Balaban J connectivity index is 2.61. The van der Waals surface area contributed by atoms with Gasteiger partial charge in [-0.05, 0) is 13.0 Å². The lowest BCUT2D eigenvalue weighted by molar-refractivity contribution is 0.152. The standard InChI is InChI=1S/C5H11FNO2P/c1-5-3-7(2)10(6,8)9-4-5/h5H,3-4H2,1-2H3. The Morgan fingerprint density at radius 3 is 2.80 bits per heavy atom. The molecule has 0 bridgehead atoms. The van der Waals surface area contributed by atoms with E-state index < -0.39 is 7.83 Å². The lowest BCUT2D eigenvalue weighted by Gasteiger charge is -2.29. The summed E-state index contributed by atoms with van der Waals surface area (Å²) >= 11 is 0. The molecule has 1 aliphatic rings. The van der Waals surface area contributed by atoms with Crippen LogP contribution in [0.5, 0.6) is 0 Å². The van der Waals surface area contributed by atoms with E-state index >= 15 is 0 Å². The summed E-state index contributed by atoms with van der Waals surface area (Å²) in [5, 5.41) is 0. The second-order valence-corrected chi connectivity index (χ2v) is 4.54. The monoisotopic (exact) mass is 167 g/mol. The van der Waals surface area contributed by atoms with Crippen LogP contribution in [0.1, 0.15) is 6.92 Å². The molecule has 0 aromatic heterocycles. The summed E-state index contributed by atoms with van der Waals surface area (Å²) in [6.45, 7) is 2.70. The fourth-order valence-electron chi connectivity index (χ4n) is 0.919. The van der Waals surface area contributed by atoms with Crippen LogP contribution in [0.3, 0.4) is 0 Å². The van der Waals surface area contributed by atoms with Crippen molar-refractivity contribution in [3.63, 3.8) is 0 Å². The van der Waals surface area contributed by atoms with E-state index in [1.54, 1.807) is 0 Å². The fourth-order valence-corrected chi connectivity index (χ4v) is 2.03. The zero-order valence-electron chi connectivity index (χ0n) is 6.08. The van der Waals surface area contributed by atoms with Crippen molar-refractivity contribution in [3.8, 4) is 0 Å². The first-order chi connectivity index (χ1) is 4.52. The van der Waals surface area contributed by atoms with Crippen molar-refractivity contribution in [1.82, 2.24) is 4.67 Å². The third-order valence-corrected chi connectivity index (χ3v) is 2.95. The highest BCUT2D eigenvalue weighted by atomic mass is 31.2.